The summed E-state index contributed by atoms with van der Waals surface area (Å²) in [5.74, 6) is 0. The van der Waals surface area contributed by atoms with E-state index in [9.17, 15) is 5.11 Å². The molecule has 0 saturated heterocycles. The van der Waals surface area contributed by atoms with Gasteiger partial charge in [-0.05, 0) is 37.7 Å². The maximum absolute atomic E-state index is 10.2. The second kappa shape index (κ2) is 6.32. The Balaban J connectivity index is 1.74. The van der Waals surface area contributed by atoms with E-state index in [0.29, 0.717) is 13.0 Å². The van der Waals surface area contributed by atoms with Gasteiger partial charge in [-0.3, -0.25) is 0 Å². The van der Waals surface area contributed by atoms with Gasteiger partial charge in [0.1, 0.15) is 0 Å². The van der Waals surface area contributed by atoms with E-state index >= 15 is 0 Å². The Morgan fingerprint density at radius 2 is 1.83 bits per heavy atom. The van der Waals surface area contributed by atoms with Gasteiger partial charge in [-0.15, -0.1) is 0 Å². The summed E-state index contributed by atoms with van der Waals surface area (Å²) in [7, 11) is 0. The molecule has 0 aliphatic heterocycles. The molecule has 1 saturated carbocycles. The zero-order chi connectivity index (χ0) is 12.8. The van der Waals surface area contributed by atoms with Crippen LogP contribution in [0.5, 0.6) is 0 Å². The monoisotopic (exact) mass is 250 g/mol. The normalized spacial score (nSPS) is 28.2. The first-order valence-electron chi connectivity index (χ1n) is 6.71. The number of benzene rings is 1. The van der Waals surface area contributed by atoms with Crippen molar-refractivity contribution in [2.45, 2.75) is 50.4 Å². The van der Waals surface area contributed by atoms with Crippen LogP contribution in [0.2, 0.25) is 0 Å². The van der Waals surface area contributed by atoms with Crippen molar-refractivity contribution in [1.82, 2.24) is 0 Å². The molecule has 3 nitrogen and oxygen atoms in total. The number of aliphatic hydroxyl groups excluding tert-OH is 1. The summed E-state index contributed by atoms with van der Waals surface area (Å²) >= 11 is 0. The van der Waals surface area contributed by atoms with Crippen molar-refractivity contribution >= 4 is 0 Å². The van der Waals surface area contributed by atoms with Gasteiger partial charge in [-0.2, -0.15) is 0 Å². The lowest BCUT2D eigenvalue weighted by Crippen LogP contribution is -2.37. The Labute approximate surface area is 108 Å². The highest BCUT2D eigenvalue weighted by molar-refractivity contribution is 5.13. The summed E-state index contributed by atoms with van der Waals surface area (Å²) in [4.78, 5) is 0. The molecule has 1 aromatic carbocycles. The second-order valence-electron chi connectivity index (χ2n) is 5.19. The number of hydrogen-bond acceptors (Lipinski definition) is 3. The van der Waals surface area contributed by atoms with E-state index in [4.69, 9.17) is 9.84 Å². The van der Waals surface area contributed by atoms with Crippen molar-refractivity contribution in [2.75, 3.05) is 6.61 Å². The lowest BCUT2D eigenvalue weighted by Gasteiger charge is -2.35. The van der Waals surface area contributed by atoms with Gasteiger partial charge in [-0.1, -0.05) is 30.3 Å². The standard InChI is InChI=1S/C15H22O3/c16-11-10-15(17)8-6-14(7-9-15)18-12-13-4-2-1-3-5-13/h1-5,14,16-17H,6-12H2. The third-order valence-corrected chi connectivity index (χ3v) is 3.77. The molecule has 100 valence electrons. The Bertz CT molecular complexity index is 342. The highest BCUT2D eigenvalue weighted by Gasteiger charge is 2.32. The summed E-state index contributed by atoms with van der Waals surface area (Å²) in [5, 5.41) is 19.1. The predicted molar refractivity (Wildman–Crippen MR) is 70.1 cm³/mol. The highest BCUT2D eigenvalue weighted by Crippen LogP contribution is 2.32. The van der Waals surface area contributed by atoms with Crippen LogP contribution in [0.15, 0.2) is 30.3 Å². The molecule has 0 heterocycles. The van der Waals surface area contributed by atoms with Crippen LogP contribution in [0.1, 0.15) is 37.7 Å². The predicted octanol–water partition coefficient (Wildman–Crippen LogP) is 2.26. The van der Waals surface area contributed by atoms with Crippen LogP contribution >= 0.6 is 0 Å². The van der Waals surface area contributed by atoms with Gasteiger partial charge < -0.3 is 14.9 Å². The van der Waals surface area contributed by atoms with Crippen LogP contribution in [0, 0.1) is 0 Å². The highest BCUT2D eigenvalue weighted by atomic mass is 16.5. The van der Waals surface area contributed by atoms with Crippen LogP contribution in [0.3, 0.4) is 0 Å². The van der Waals surface area contributed by atoms with E-state index < -0.39 is 5.60 Å². The van der Waals surface area contributed by atoms with Crippen molar-refractivity contribution in [2.24, 2.45) is 0 Å². The third-order valence-electron chi connectivity index (χ3n) is 3.77. The molecule has 3 heteroatoms. The largest absolute Gasteiger partial charge is 0.396 e. The van der Waals surface area contributed by atoms with Gasteiger partial charge in [0, 0.05) is 6.61 Å². The van der Waals surface area contributed by atoms with E-state index in [1.54, 1.807) is 0 Å². The maximum atomic E-state index is 10.2. The minimum absolute atomic E-state index is 0.0615. The van der Waals surface area contributed by atoms with Crippen molar-refractivity contribution in [3.05, 3.63) is 35.9 Å². The van der Waals surface area contributed by atoms with Gasteiger partial charge in [0.25, 0.3) is 0 Å². The third kappa shape index (κ3) is 3.80. The van der Waals surface area contributed by atoms with E-state index in [2.05, 4.69) is 12.1 Å². The first-order chi connectivity index (χ1) is 8.72. The van der Waals surface area contributed by atoms with Gasteiger partial charge in [0.15, 0.2) is 0 Å². The van der Waals surface area contributed by atoms with Crippen LogP contribution < -0.4 is 0 Å². The van der Waals surface area contributed by atoms with Gasteiger partial charge in [0.2, 0.25) is 0 Å². The second-order valence-corrected chi connectivity index (χ2v) is 5.19. The molecule has 1 aliphatic carbocycles. The molecule has 0 aromatic heterocycles. The van der Waals surface area contributed by atoms with Crippen LogP contribution in [0.25, 0.3) is 0 Å². The molecule has 0 radical (unpaired) electrons. The molecule has 18 heavy (non-hydrogen) atoms. The molecule has 0 unspecified atom stereocenters. The zero-order valence-corrected chi connectivity index (χ0v) is 10.7. The average Bonchev–Trinajstić information content (AvgIpc) is 2.40. The average molecular weight is 250 g/mol. The fourth-order valence-electron chi connectivity index (χ4n) is 2.54. The minimum atomic E-state index is -0.665. The smallest absolute Gasteiger partial charge is 0.0720 e. The fraction of sp³-hybridized carbons (Fsp3) is 0.600. The molecule has 1 fully saturated rings. The zero-order valence-electron chi connectivity index (χ0n) is 10.7. The molecular weight excluding hydrogens is 228 g/mol. The van der Waals surface area contributed by atoms with Crippen molar-refractivity contribution < 1.29 is 14.9 Å². The molecule has 2 rings (SSSR count). The molecule has 0 amide bonds. The summed E-state index contributed by atoms with van der Waals surface area (Å²) < 4.78 is 5.87. The summed E-state index contributed by atoms with van der Waals surface area (Å²) in [6.07, 6.45) is 3.94. The van der Waals surface area contributed by atoms with Crippen molar-refractivity contribution in [1.29, 1.82) is 0 Å². The Hall–Kier alpha value is -0.900. The number of hydrogen-bond donors (Lipinski definition) is 2. The first kappa shape index (κ1) is 13.5. The maximum Gasteiger partial charge on any atom is 0.0720 e. The van der Waals surface area contributed by atoms with E-state index in [1.807, 2.05) is 18.2 Å². The van der Waals surface area contributed by atoms with Gasteiger partial charge in [-0.25, -0.2) is 0 Å². The van der Waals surface area contributed by atoms with Gasteiger partial charge >= 0.3 is 0 Å². The molecule has 0 spiro atoms. The topological polar surface area (TPSA) is 49.7 Å². The van der Waals surface area contributed by atoms with E-state index in [-0.39, 0.29) is 12.7 Å². The van der Waals surface area contributed by atoms with Crippen molar-refractivity contribution in [3.63, 3.8) is 0 Å². The minimum Gasteiger partial charge on any atom is -0.396 e. The van der Waals surface area contributed by atoms with Gasteiger partial charge in [0.05, 0.1) is 18.3 Å². The van der Waals surface area contributed by atoms with Crippen LogP contribution in [0.4, 0.5) is 0 Å². The van der Waals surface area contributed by atoms with Crippen molar-refractivity contribution in [3.8, 4) is 0 Å². The van der Waals surface area contributed by atoms with Crippen LogP contribution in [-0.4, -0.2) is 28.5 Å². The SMILES string of the molecule is OCCC1(O)CCC(OCc2ccccc2)CC1. The molecule has 0 atom stereocenters. The Morgan fingerprint density at radius 3 is 2.44 bits per heavy atom. The Morgan fingerprint density at radius 1 is 1.17 bits per heavy atom. The molecule has 0 bridgehead atoms. The van der Waals surface area contributed by atoms with E-state index in [1.165, 1.54) is 5.56 Å². The summed E-state index contributed by atoms with van der Waals surface area (Å²) in [6, 6.07) is 10.1. The summed E-state index contributed by atoms with van der Waals surface area (Å²) in [6.45, 7) is 0.704. The quantitative estimate of drug-likeness (QED) is 0.842. The fourth-order valence-corrected chi connectivity index (χ4v) is 2.54. The first-order valence-corrected chi connectivity index (χ1v) is 6.71. The van der Waals surface area contributed by atoms with E-state index in [0.717, 1.165) is 25.7 Å². The number of aliphatic hydroxyl groups is 2. The molecule has 2 N–H and O–H groups in total. The lowest BCUT2D eigenvalue weighted by molar-refractivity contribution is -0.0695. The number of ether oxygens (including phenoxy) is 1. The summed E-state index contributed by atoms with van der Waals surface area (Å²) in [5.41, 5.74) is 0.523. The Kier molecular flexibility index (Phi) is 4.75. The molecule has 1 aliphatic rings. The molecule has 1 aromatic rings. The lowest BCUT2D eigenvalue weighted by atomic mass is 9.81. The number of rotatable bonds is 5. The van der Waals surface area contributed by atoms with Crippen LogP contribution in [-0.2, 0) is 11.3 Å². The molecular formula is C15H22O3.